The minimum atomic E-state index is -1.16. The molecule has 114 valence electrons. The van der Waals surface area contributed by atoms with Gasteiger partial charge in [0.1, 0.15) is 0 Å². The number of ether oxygens (including phenoxy) is 2. The maximum atomic E-state index is 10.7. The van der Waals surface area contributed by atoms with E-state index >= 15 is 0 Å². The van der Waals surface area contributed by atoms with Gasteiger partial charge in [0, 0.05) is 17.7 Å². The van der Waals surface area contributed by atoms with Crippen molar-refractivity contribution in [3.8, 4) is 0 Å². The van der Waals surface area contributed by atoms with Crippen molar-refractivity contribution in [2.45, 2.75) is 33.6 Å². The lowest BCUT2D eigenvalue weighted by molar-refractivity contribution is -0.139. The van der Waals surface area contributed by atoms with Gasteiger partial charge in [0.15, 0.2) is 0 Å². The third-order valence-electron chi connectivity index (χ3n) is 1.73. The van der Waals surface area contributed by atoms with E-state index < -0.39 is 11.9 Å². The van der Waals surface area contributed by atoms with Gasteiger partial charge in [0.05, 0.1) is 13.2 Å². The fourth-order valence-corrected chi connectivity index (χ4v) is 0.762. The summed E-state index contributed by atoms with van der Waals surface area (Å²) in [6.07, 6.45) is 3.58. The quantitative estimate of drug-likeness (QED) is 0.438. The molecule has 6 nitrogen and oxygen atoms in total. The van der Waals surface area contributed by atoms with E-state index in [0.29, 0.717) is 12.2 Å². The zero-order valence-electron chi connectivity index (χ0n) is 12.2. The molecule has 0 aromatic rings. The van der Waals surface area contributed by atoms with Gasteiger partial charge in [0.25, 0.3) is 0 Å². The molecule has 0 spiro atoms. The number of carboxylic acid groups (broad SMARTS) is 1. The van der Waals surface area contributed by atoms with Crippen LogP contribution in [0.25, 0.3) is 0 Å². The molecule has 0 saturated heterocycles. The van der Waals surface area contributed by atoms with Gasteiger partial charge in [-0.25, -0.2) is 14.4 Å². The molecule has 0 radical (unpaired) electrons. The monoisotopic (exact) mass is 286 g/mol. The molecule has 20 heavy (non-hydrogen) atoms. The van der Waals surface area contributed by atoms with Crippen LogP contribution in [-0.2, 0) is 23.9 Å². The smallest absolute Gasteiger partial charge is 0.333 e. The normalized spacial score (nSPS) is 9.35. The lowest BCUT2D eigenvalue weighted by Crippen LogP contribution is -2.05. The van der Waals surface area contributed by atoms with E-state index in [1.165, 1.54) is 0 Å². The predicted octanol–water partition coefficient (Wildman–Crippen LogP) is 2.10. The van der Waals surface area contributed by atoms with Crippen molar-refractivity contribution in [3.05, 3.63) is 24.3 Å². The highest BCUT2D eigenvalue weighted by Gasteiger charge is 2.00. The van der Waals surface area contributed by atoms with Gasteiger partial charge in [-0.1, -0.05) is 19.9 Å². The highest BCUT2D eigenvalue weighted by atomic mass is 16.5. The topological polar surface area (TPSA) is 89.9 Å². The second-order valence-corrected chi connectivity index (χ2v) is 3.69. The van der Waals surface area contributed by atoms with Gasteiger partial charge < -0.3 is 14.6 Å². The molecule has 0 heterocycles. The van der Waals surface area contributed by atoms with Crippen LogP contribution in [0.5, 0.6) is 0 Å². The average Bonchev–Trinajstić information content (AvgIpc) is 2.37. The molecular formula is C14H22O6. The van der Waals surface area contributed by atoms with Gasteiger partial charge in [-0.2, -0.15) is 0 Å². The summed E-state index contributed by atoms with van der Waals surface area (Å²) < 4.78 is 9.21. The molecule has 0 unspecified atom stereocenters. The summed E-state index contributed by atoms with van der Waals surface area (Å²) in [7, 11) is 0. The van der Waals surface area contributed by atoms with Crippen LogP contribution in [0.2, 0.25) is 0 Å². The molecule has 0 amide bonds. The number of hydrogen-bond donors (Lipinski definition) is 1. The van der Waals surface area contributed by atoms with Crippen molar-refractivity contribution in [2.75, 3.05) is 13.2 Å². The fraction of sp³-hybridized carbons (Fsp3) is 0.500. The summed E-state index contributed by atoms with van der Waals surface area (Å²) in [5.41, 5.74) is 0.469. The second kappa shape index (κ2) is 13.3. The van der Waals surface area contributed by atoms with Crippen molar-refractivity contribution in [3.63, 3.8) is 0 Å². The van der Waals surface area contributed by atoms with Gasteiger partial charge >= 0.3 is 17.9 Å². The van der Waals surface area contributed by atoms with E-state index in [0.717, 1.165) is 25.0 Å². The van der Waals surface area contributed by atoms with Crippen molar-refractivity contribution in [1.82, 2.24) is 0 Å². The predicted molar refractivity (Wildman–Crippen MR) is 74.1 cm³/mol. The van der Waals surface area contributed by atoms with Crippen LogP contribution in [0.15, 0.2) is 24.3 Å². The molecule has 0 aliphatic carbocycles. The first kappa shape index (κ1) is 20.2. The molecule has 0 atom stereocenters. The Balaban J connectivity index is 0. The first-order valence-corrected chi connectivity index (χ1v) is 6.25. The Bertz CT molecular complexity index is 357. The van der Waals surface area contributed by atoms with E-state index in [2.05, 4.69) is 18.2 Å². The van der Waals surface area contributed by atoms with E-state index in [1.807, 2.05) is 0 Å². The molecule has 1 N–H and O–H groups in total. The maximum Gasteiger partial charge on any atom is 0.333 e. The first-order chi connectivity index (χ1) is 9.34. The molecule has 0 aromatic heterocycles. The van der Waals surface area contributed by atoms with Crippen molar-refractivity contribution in [1.29, 1.82) is 0 Å². The summed E-state index contributed by atoms with van der Waals surface area (Å²) in [6, 6.07) is 0. The Morgan fingerprint density at radius 3 is 2.15 bits per heavy atom. The molecule has 0 aliphatic heterocycles. The zero-order valence-corrected chi connectivity index (χ0v) is 12.2. The lowest BCUT2D eigenvalue weighted by Gasteiger charge is -2.01. The lowest BCUT2D eigenvalue weighted by atomic mass is 10.3. The Morgan fingerprint density at radius 2 is 1.75 bits per heavy atom. The van der Waals surface area contributed by atoms with Crippen LogP contribution < -0.4 is 0 Å². The van der Waals surface area contributed by atoms with Crippen LogP contribution in [0.4, 0.5) is 0 Å². The Hall–Kier alpha value is -2.11. The summed E-state index contributed by atoms with van der Waals surface area (Å²) in [6.45, 7) is 9.57. The largest absolute Gasteiger partial charge is 0.478 e. The number of aliphatic carboxylic acids is 1. The molecule has 0 aromatic carbocycles. The van der Waals surface area contributed by atoms with E-state index in [4.69, 9.17) is 9.84 Å². The molecule has 0 aliphatic rings. The van der Waals surface area contributed by atoms with Crippen molar-refractivity contribution >= 4 is 17.9 Å². The van der Waals surface area contributed by atoms with Gasteiger partial charge in [-0.05, 0) is 20.3 Å². The molecule has 6 heteroatoms. The molecule has 0 bridgehead atoms. The second-order valence-electron chi connectivity index (χ2n) is 3.69. The summed E-state index contributed by atoms with van der Waals surface area (Å²) in [4.78, 5) is 30.9. The molecule has 0 rings (SSSR count). The van der Waals surface area contributed by atoms with Crippen LogP contribution in [-0.4, -0.2) is 36.2 Å². The highest BCUT2D eigenvalue weighted by Crippen LogP contribution is 1.94. The van der Waals surface area contributed by atoms with Crippen molar-refractivity contribution in [2.24, 2.45) is 0 Å². The minimum absolute atomic E-state index is 0.253. The molecule has 0 saturated carbocycles. The van der Waals surface area contributed by atoms with Gasteiger partial charge in [-0.15, -0.1) is 0 Å². The Labute approximate surface area is 119 Å². The number of esters is 2. The Morgan fingerprint density at radius 1 is 1.15 bits per heavy atom. The summed E-state index contributed by atoms with van der Waals surface area (Å²) in [5, 5.41) is 8.04. The fourth-order valence-electron chi connectivity index (χ4n) is 0.762. The zero-order chi connectivity index (χ0) is 16.0. The van der Waals surface area contributed by atoms with E-state index in [-0.39, 0.29) is 12.6 Å². The first-order valence-electron chi connectivity index (χ1n) is 6.25. The number of rotatable bonds is 7. The molecule has 0 fully saturated rings. The van der Waals surface area contributed by atoms with Crippen LogP contribution in [0, 0.1) is 0 Å². The summed E-state index contributed by atoms with van der Waals surface area (Å²) in [5.74, 6) is -2.08. The van der Waals surface area contributed by atoms with Crippen LogP contribution in [0.3, 0.4) is 0 Å². The average molecular weight is 286 g/mol. The van der Waals surface area contributed by atoms with Crippen LogP contribution in [0.1, 0.15) is 33.6 Å². The van der Waals surface area contributed by atoms with Gasteiger partial charge in [0.2, 0.25) is 0 Å². The number of unbranched alkanes of at least 4 members (excludes halogenated alkanes) is 1. The summed E-state index contributed by atoms with van der Waals surface area (Å²) >= 11 is 0. The van der Waals surface area contributed by atoms with E-state index in [9.17, 15) is 14.4 Å². The maximum absolute atomic E-state index is 10.7. The van der Waals surface area contributed by atoms with E-state index in [1.54, 1.807) is 13.8 Å². The number of carboxylic acids is 1. The third kappa shape index (κ3) is 15.9. The molecular weight excluding hydrogens is 264 g/mol. The SMILES string of the molecule is C=C(C)C(=O)OCCCC.CCOC(=O)C=CC(=O)O. The Kier molecular flexibility index (Phi) is 13.5. The standard InChI is InChI=1S/C8H14O2.C6H8O4/c1-4-5-6-10-8(9)7(2)3;1-2-10-6(9)4-3-5(7)8/h2,4-6H2,1,3H3;3-4H,2H2,1H3,(H,7,8). The number of carbonyl (C=O) groups is 3. The third-order valence-corrected chi connectivity index (χ3v) is 1.73. The number of hydrogen-bond acceptors (Lipinski definition) is 5. The minimum Gasteiger partial charge on any atom is -0.478 e. The van der Waals surface area contributed by atoms with Crippen LogP contribution >= 0.6 is 0 Å². The number of carbonyl (C=O) groups excluding carboxylic acids is 2. The highest BCUT2D eigenvalue weighted by molar-refractivity contribution is 5.90. The van der Waals surface area contributed by atoms with Gasteiger partial charge in [-0.3, -0.25) is 0 Å². The van der Waals surface area contributed by atoms with Crippen molar-refractivity contribution < 1.29 is 29.0 Å².